The van der Waals surface area contributed by atoms with E-state index in [1.54, 1.807) is 0 Å². The van der Waals surface area contributed by atoms with Crippen LogP contribution in [0.5, 0.6) is 0 Å². The van der Waals surface area contributed by atoms with Crippen LogP contribution in [0, 0.1) is 29.8 Å². The van der Waals surface area contributed by atoms with Crippen molar-refractivity contribution in [3.05, 3.63) is 58.4 Å². The van der Waals surface area contributed by atoms with E-state index in [0.29, 0.717) is 0 Å². The van der Waals surface area contributed by atoms with E-state index in [0.717, 1.165) is 18.2 Å². The van der Waals surface area contributed by atoms with Gasteiger partial charge in [-0.05, 0) is 24.3 Å². The predicted octanol–water partition coefficient (Wildman–Crippen LogP) is 0.894. The standard InChI is InChI=1S/C20H20F3N3O6S/c1-2-12-3-4-16(15(21)9-12)25-19-14(20(29)26-32-7-5-27)10-13(17(22)18(19)23)11-24-33(30,31)8-6-28/h1,3-4,9-10,24-25,27-28H,5-8,11H2,(H,26,29). The topological polar surface area (TPSA) is 137 Å². The van der Waals surface area contributed by atoms with Crippen molar-refractivity contribution in [2.75, 3.05) is 30.9 Å². The molecule has 13 heteroatoms. The molecule has 0 radical (unpaired) electrons. The van der Waals surface area contributed by atoms with E-state index in [-0.39, 0.29) is 17.9 Å². The number of hydroxylamine groups is 1. The highest BCUT2D eigenvalue weighted by Crippen LogP contribution is 2.30. The van der Waals surface area contributed by atoms with E-state index in [1.807, 2.05) is 10.2 Å². The first-order valence-electron chi connectivity index (χ1n) is 9.28. The molecule has 0 aliphatic rings. The molecule has 0 heterocycles. The second-order valence-corrected chi connectivity index (χ2v) is 8.34. The van der Waals surface area contributed by atoms with Gasteiger partial charge in [0.2, 0.25) is 10.0 Å². The molecule has 178 valence electrons. The summed E-state index contributed by atoms with van der Waals surface area (Å²) >= 11 is 0. The van der Waals surface area contributed by atoms with Gasteiger partial charge in [-0.15, -0.1) is 6.42 Å². The third kappa shape index (κ3) is 6.91. The Bertz CT molecular complexity index is 1170. The van der Waals surface area contributed by atoms with Crippen LogP contribution in [0.25, 0.3) is 0 Å². The van der Waals surface area contributed by atoms with Gasteiger partial charge in [0.1, 0.15) is 5.82 Å². The van der Waals surface area contributed by atoms with E-state index < -0.39 is 75.7 Å². The van der Waals surface area contributed by atoms with Gasteiger partial charge in [-0.2, -0.15) is 0 Å². The molecule has 2 aromatic carbocycles. The van der Waals surface area contributed by atoms with Crippen molar-refractivity contribution in [1.29, 1.82) is 0 Å². The van der Waals surface area contributed by atoms with Crippen molar-refractivity contribution >= 4 is 27.3 Å². The lowest BCUT2D eigenvalue weighted by molar-refractivity contribution is 0.0168. The largest absolute Gasteiger partial charge is 0.395 e. The quantitative estimate of drug-likeness (QED) is 0.180. The molecule has 0 saturated heterocycles. The summed E-state index contributed by atoms with van der Waals surface area (Å²) in [5, 5.41) is 19.8. The number of rotatable bonds is 11. The van der Waals surface area contributed by atoms with Crippen molar-refractivity contribution in [2.45, 2.75) is 6.54 Å². The molecule has 0 unspecified atom stereocenters. The molecular formula is C20H20F3N3O6S. The summed E-state index contributed by atoms with van der Waals surface area (Å²) < 4.78 is 69.3. The molecule has 1 amide bonds. The van der Waals surface area contributed by atoms with Gasteiger partial charge in [-0.3, -0.25) is 9.63 Å². The lowest BCUT2D eigenvalue weighted by atomic mass is 10.1. The number of halogens is 3. The van der Waals surface area contributed by atoms with E-state index in [2.05, 4.69) is 16.1 Å². The van der Waals surface area contributed by atoms with Crippen LogP contribution in [-0.2, 0) is 21.4 Å². The second-order valence-electron chi connectivity index (χ2n) is 6.42. The lowest BCUT2D eigenvalue weighted by Crippen LogP contribution is -2.29. The maximum Gasteiger partial charge on any atom is 0.277 e. The number of hydrogen-bond donors (Lipinski definition) is 5. The van der Waals surface area contributed by atoms with Crippen molar-refractivity contribution in [3.63, 3.8) is 0 Å². The van der Waals surface area contributed by atoms with Gasteiger partial charge in [-0.25, -0.2) is 31.8 Å². The number of aliphatic hydroxyl groups is 2. The predicted molar refractivity (Wildman–Crippen MR) is 112 cm³/mol. The molecule has 33 heavy (non-hydrogen) atoms. The van der Waals surface area contributed by atoms with Crippen LogP contribution < -0.4 is 15.5 Å². The monoisotopic (exact) mass is 487 g/mol. The Morgan fingerprint density at radius 3 is 2.45 bits per heavy atom. The zero-order valence-electron chi connectivity index (χ0n) is 17.0. The molecule has 9 nitrogen and oxygen atoms in total. The van der Waals surface area contributed by atoms with Gasteiger partial charge in [0.25, 0.3) is 5.91 Å². The third-order valence-corrected chi connectivity index (χ3v) is 5.43. The fraction of sp³-hybridized carbons (Fsp3) is 0.250. The van der Waals surface area contributed by atoms with Crippen molar-refractivity contribution in [2.24, 2.45) is 0 Å². The van der Waals surface area contributed by atoms with Crippen LogP contribution >= 0.6 is 0 Å². The Balaban J connectivity index is 2.49. The van der Waals surface area contributed by atoms with Gasteiger partial charge in [0.15, 0.2) is 11.6 Å². The second kappa shape index (κ2) is 11.6. The van der Waals surface area contributed by atoms with E-state index >= 15 is 0 Å². The highest BCUT2D eigenvalue weighted by molar-refractivity contribution is 7.89. The number of hydrogen-bond acceptors (Lipinski definition) is 7. The Kier molecular flexibility index (Phi) is 9.21. The van der Waals surface area contributed by atoms with E-state index in [1.165, 1.54) is 6.07 Å². The summed E-state index contributed by atoms with van der Waals surface area (Å²) in [5.74, 6) is -3.57. The number of anilines is 2. The van der Waals surface area contributed by atoms with Crippen LogP contribution in [0.2, 0.25) is 0 Å². The lowest BCUT2D eigenvalue weighted by Gasteiger charge is -2.17. The summed E-state index contributed by atoms with van der Waals surface area (Å²) in [5.41, 5.74) is -0.0898. The normalized spacial score (nSPS) is 11.2. The Hall–Kier alpha value is -3.15. The number of sulfonamides is 1. The Labute approximate surface area is 187 Å². The number of aliphatic hydroxyl groups excluding tert-OH is 2. The van der Waals surface area contributed by atoms with Crippen molar-refractivity contribution in [1.82, 2.24) is 10.2 Å². The molecule has 0 spiro atoms. The van der Waals surface area contributed by atoms with Crippen LogP contribution in [0.3, 0.4) is 0 Å². The molecule has 0 saturated carbocycles. The highest BCUT2D eigenvalue weighted by atomic mass is 32.2. The molecular weight excluding hydrogens is 467 g/mol. The first-order chi connectivity index (χ1) is 15.6. The summed E-state index contributed by atoms with van der Waals surface area (Å²) in [6.07, 6.45) is 5.19. The van der Waals surface area contributed by atoms with Gasteiger partial charge in [0.05, 0.1) is 42.5 Å². The SMILES string of the molecule is C#Cc1ccc(Nc2c(C(=O)NOCCO)cc(CNS(=O)(=O)CCO)c(F)c2F)c(F)c1. The Morgan fingerprint density at radius 1 is 1.12 bits per heavy atom. The Morgan fingerprint density at radius 2 is 1.85 bits per heavy atom. The minimum Gasteiger partial charge on any atom is -0.395 e. The van der Waals surface area contributed by atoms with Gasteiger partial charge >= 0.3 is 0 Å². The maximum absolute atomic E-state index is 14.9. The molecule has 0 aliphatic heterocycles. The maximum atomic E-state index is 14.9. The highest BCUT2D eigenvalue weighted by Gasteiger charge is 2.24. The van der Waals surface area contributed by atoms with Crippen LogP contribution in [0.1, 0.15) is 21.5 Å². The van der Waals surface area contributed by atoms with Crippen molar-refractivity contribution in [3.8, 4) is 12.3 Å². The number of benzene rings is 2. The zero-order chi connectivity index (χ0) is 24.6. The first-order valence-corrected chi connectivity index (χ1v) is 10.9. The number of terminal acetylenes is 1. The van der Waals surface area contributed by atoms with E-state index in [9.17, 15) is 26.4 Å². The molecule has 0 fully saturated rings. The molecule has 0 aromatic heterocycles. The minimum atomic E-state index is -4.00. The summed E-state index contributed by atoms with van der Waals surface area (Å²) in [6, 6.07) is 4.29. The number of nitrogens with one attached hydrogen (secondary N) is 3. The molecule has 5 N–H and O–H groups in total. The zero-order valence-corrected chi connectivity index (χ0v) is 17.8. The smallest absolute Gasteiger partial charge is 0.277 e. The fourth-order valence-corrected chi connectivity index (χ4v) is 3.31. The number of carbonyl (C=O) groups excluding carboxylic acids is 1. The molecule has 0 aliphatic carbocycles. The van der Waals surface area contributed by atoms with Gasteiger partial charge in [0, 0.05) is 17.7 Å². The molecule has 0 atom stereocenters. The summed E-state index contributed by atoms with van der Waals surface area (Å²) in [7, 11) is -4.00. The summed E-state index contributed by atoms with van der Waals surface area (Å²) in [6.45, 7) is -2.20. The van der Waals surface area contributed by atoms with Gasteiger partial charge in [-0.1, -0.05) is 5.92 Å². The molecule has 2 aromatic rings. The molecule has 2 rings (SSSR count). The fourth-order valence-electron chi connectivity index (χ4n) is 2.55. The van der Waals surface area contributed by atoms with Crippen LogP contribution in [-0.4, -0.2) is 50.1 Å². The first kappa shape index (κ1) is 26.1. The van der Waals surface area contributed by atoms with Gasteiger partial charge < -0.3 is 15.5 Å². The van der Waals surface area contributed by atoms with Crippen LogP contribution in [0.15, 0.2) is 24.3 Å². The minimum absolute atomic E-state index is 0.186. The van der Waals surface area contributed by atoms with E-state index in [4.69, 9.17) is 16.6 Å². The molecule has 0 bridgehead atoms. The average molecular weight is 487 g/mol. The average Bonchev–Trinajstić information content (AvgIpc) is 2.77. The van der Waals surface area contributed by atoms with Crippen molar-refractivity contribution < 1.29 is 41.4 Å². The summed E-state index contributed by atoms with van der Waals surface area (Å²) in [4.78, 5) is 17.2. The number of amides is 1. The number of carbonyl (C=O) groups is 1. The van der Waals surface area contributed by atoms with Crippen LogP contribution in [0.4, 0.5) is 24.5 Å². The third-order valence-electron chi connectivity index (χ3n) is 4.12.